The van der Waals surface area contributed by atoms with Crippen LogP contribution in [0.5, 0.6) is 0 Å². The van der Waals surface area contributed by atoms with Crippen molar-refractivity contribution in [1.29, 1.82) is 0 Å². The van der Waals surface area contributed by atoms with Crippen molar-refractivity contribution >= 4 is 31.9 Å². The van der Waals surface area contributed by atoms with Gasteiger partial charge in [-0.2, -0.15) is 0 Å². The van der Waals surface area contributed by atoms with Gasteiger partial charge in [0.2, 0.25) is 0 Å². The Morgan fingerprint density at radius 2 is 1.40 bits per heavy atom. The second-order valence-electron chi connectivity index (χ2n) is 6.09. The smallest absolute Gasteiger partial charge is 0.190 e. The molecule has 5 atom stereocenters. The highest BCUT2D eigenvalue weighted by atomic mass is 79.9. The molecule has 3 aliphatic rings. The van der Waals surface area contributed by atoms with Crippen molar-refractivity contribution in [3.63, 3.8) is 0 Å². The fraction of sp³-hybridized carbons (Fsp3) is 0.846. The van der Waals surface area contributed by atoms with Gasteiger partial charge in [-0.1, -0.05) is 0 Å². The van der Waals surface area contributed by atoms with Gasteiger partial charge in [0.1, 0.15) is 24.4 Å². The lowest BCUT2D eigenvalue weighted by Crippen LogP contribution is -2.54. The molecule has 3 saturated heterocycles. The van der Waals surface area contributed by atoms with E-state index in [4.69, 9.17) is 23.7 Å². The summed E-state index contributed by atoms with van der Waals surface area (Å²) in [4.78, 5) is 0. The summed E-state index contributed by atoms with van der Waals surface area (Å²) in [5.41, 5.74) is 0. The average molecular weight is 414 g/mol. The van der Waals surface area contributed by atoms with Crippen molar-refractivity contribution in [1.82, 2.24) is 0 Å². The maximum absolute atomic E-state index is 6.00. The molecule has 0 aromatic rings. The van der Waals surface area contributed by atoms with E-state index in [9.17, 15) is 0 Å². The number of ether oxygens (including phenoxy) is 5. The maximum Gasteiger partial charge on any atom is 0.190 e. The fourth-order valence-corrected chi connectivity index (χ4v) is 3.42. The van der Waals surface area contributed by atoms with E-state index in [0.717, 1.165) is 3.39 Å². The quantitative estimate of drug-likeness (QED) is 0.661. The lowest BCUT2D eigenvalue weighted by Gasteiger charge is -2.36. The Morgan fingerprint density at radius 3 is 2.05 bits per heavy atom. The van der Waals surface area contributed by atoms with Gasteiger partial charge < -0.3 is 23.7 Å². The zero-order valence-electron chi connectivity index (χ0n) is 11.8. The maximum atomic E-state index is 6.00. The molecule has 5 nitrogen and oxygen atoms in total. The highest BCUT2D eigenvalue weighted by Crippen LogP contribution is 2.44. The first-order chi connectivity index (χ1) is 9.17. The van der Waals surface area contributed by atoms with Gasteiger partial charge in [-0.25, -0.2) is 0 Å². The molecule has 3 fully saturated rings. The molecular formula is C13H18Br2O5. The Labute approximate surface area is 135 Å². The molecule has 3 unspecified atom stereocenters. The molecule has 0 amide bonds. The fourth-order valence-electron chi connectivity index (χ4n) is 2.90. The summed E-state index contributed by atoms with van der Waals surface area (Å²) in [6.07, 6.45) is 0.446. The van der Waals surface area contributed by atoms with Gasteiger partial charge in [-0.15, -0.1) is 0 Å². The van der Waals surface area contributed by atoms with E-state index in [1.807, 2.05) is 33.8 Å². The molecule has 0 bridgehead atoms. The van der Waals surface area contributed by atoms with Crippen molar-refractivity contribution in [2.45, 2.75) is 70.0 Å². The largest absolute Gasteiger partial charge is 0.342 e. The third-order valence-corrected chi connectivity index (χ3v) is 4.01. The predicted octanol–water partition coefficient (Wildman–Crippen LogP) is 3.01. The normalized spacial score (nSPS) is 44.8. The minimum atomic E-state index is -0.680. The summed E-state index contributed by atoms with van der Waals surface area (Å²) in [5.74, 6) is -1.34. The minimum Gasteiger partial charge on any atom is -0.342 e. The zero-order chi connectivity index (χ0) is 14.7. The number of rotatable bonds is 1. The number of halogens is 2. The standard InChI is InChI=1S/C13H18Br2O5/c1-12(2)17-8-6(5-7(14)15)16-11-10(9(8)18-12)19-13(3,4)20-11/h5-6,8-11H,1-4H3/t6-,8?,9+,10?,11?/m0/s1. The van der Waals surface area contributed by atoms with Gasteiger partial charge in [-0.05, 0) is 65.6 Å². The molecular weight excluding hydrogens is 396 g/mol. The Morgan fingerprint density at radius 1 is 0.850 bits per heavy atom. The Kier molecular flexibility index (Phi) is 3.86. The second-order valence-corrected chi connectivity index (χ2v) is 8.86. The van der Waals surface area contributed by atoms with Crippen LogP contribution in [0.4, 0.5) is 0 Å². The highest BCUT2D eigenvalue weighted by Gasteiger charge is 2.60. The van der Waals surface area contributed by atoms with Gasteiger partial charge in [0.05, 0.1) is 3.39 Å². The molecule has 20 heavy (non-hydrogen) atoms. The Balaban J connectivity index is 1.90. The van der Waals surface area contributed by atoms with E-state index >= 15 is 0 Å². The van der Waals surface area contributed by atoms with Crippen LogP contribution in [0.15, 0.2) is 9.47 Å². The van der Waals surface area contributed by atoms with Crippen LogP contribution in [0.1, 0.15) is 27.7 Å². The van der Waals surface area contributed by atoms with E-state index in [2.05, 4.69) is 31.9 Å². The van der Waals surface area contributed by atoms with Gasteiger partial charge in [0.25, 0.3) is 0 Å². The van der Waals surface area contributed by atoms with Crippen LogP contribution in [0.25, 0.3) is 0 Å². The highest BCUT2D eigenvalue weighted by molar-refractivity contribution is 9.28. The first-order valence-corrected chi connectivity index (χ1v) is 8.15. The van der Waals surface area contributed by atoms with Gasteiger partial charge in [-0.3, -0.25) is 0 Å². The van der Waals surface area contributed by atoms with Crippen molar-refractivity contribution in [2.75, 3.05) is 0 Å². The van der Waals surface area contributed by atoms with Crippen LogP contribution in [0.3, 0.4) is 0 Å². The molecule has 0 spiro atoms. The number of hydrogen-bond acceptors (Lipinski definition) is 5. The van der Waals surface area contributed by atoms with Crippen LogP contribution in [-0.4, -0.2) is 42.3 Å². The summed E-state index contributed by atoms with van der Waals surface area (Å²) >= 11 is 6.72. The SMILES string of the molecule is CC1(C)OC2O[C@@H](C=C(Br)Br)C3OC(C)(C)O[C@H]3C2O1. The van der Waals surface area contributed by atoms with Gasteiger partial charge >= 0.3 is 0 Å². The van der Waals surface area contributed by atoms with E-state index in [0.29, 0.717) is 0 Å². The van der Waals surface area contributed by atoms with E-state index in [-0.39, 0.29) is 24.4 Å². The molecule has 0 aliphatic carbocycles. The molecule has 7 heteroatoms. The topological polar surface area (TPSA) is 46.2 Å². The monoisotopic (exact) mass is 412 g/mol. The number of fused-ring (bicyclic) bond motifs is 3. The van der Waals surface area contributed by atoms with Crippen molar-refractivity contribution in [3.05, 3.63) is 9.47 Å². The summed E-state index contributed by atoms with van der Waals surface area (Å²) in [6, 6.07) is 0. The summed E-state index contributed by atoms with van der Waals surface area (Å²) in [7, 11) is 0. The molecule has 0 aromatic carbocycles. The lowest BCUT2D eigenvalue weighted by molar-refractivity contribution is -0.222. The third kappa shape index (κ3) is 2.86. The summed E-state index contributed by atoms with van der Waals surface area (Å²) < 4.78 is 30.5. The first-order valence-electron chi connectivity index (χ1n) is 6.56. The zero-order valence-corrected chi connectivity index (χ0v) is 14.9. The van der Waals surface area contributed by atoms with Crippen molar-refractivity contribution in [2.24, 2.45) is 0 Å². The van der Waals surface area contributed by atoms with Gasteiger partial charge in [0.15, 0.2) is 17.9 Å². The number of hydrogen-bond donors (Lipinski definition) is 0. The van der Waals surface area contributed by atoms with Crippen LogP contribution < -0.4 is 0 Å². The molecule has 3 rings (SSSR count). The molecule has 114 valence electrons. The van der Waals surface area contributed by atoms with Gasteiger partial charge in [0, 0.05) is 0 Å². The molecule has 0 aromatic heterocycles. The molecule has 0 saturated carbocycles. The van der Waals surface area contributed by atoms with E-state index in [1.54, 1.807) is 0 Å². The first kappa shape index (κ1) is 15.4. The van der Waals surface area contributed by atoms with E-state index < -0.39 is 17.9 Å². The summed E-state index contributed by atoms with van der Waals surface area (Å²) in [5, 5.41) is 0. The molecule has 3 heterocycles. The van der Waals surface area contributed by atoms with Crippen LogP contribution in [0, 0.1) is 0 Å². The lowest BCUT2D eigenvalue weighted by atomic mass is 9.99. The Hall–Kier alpha value is 0.500. The molecule has 0 radical (unpaired) electrons. The molecule has 0 N–H and O–H groups in total. The predicted molar refractivity (Wildman–Crippen MR) is 78.5 cm³/mol. The molecule has 3 aliphatic heterocycles. The van der Waals surface area contributed by atoms with Crippen LogP contribution in [0.2, 0.25) is 0 Å². The Bertz CT molecular complexity index is 432. The van der Waals surface area contributed by atoms with Crippen molar-refractivity contribution in [3.8, 4) is 0 Å². The van der Waals surface area contributed by atoms with Crippen LogP contribution in [-0.2, 0) is 23.7 Å². The van der Waals surface area contributed by atoms with Crippen LogP contribution >= 0.6 is 31.9 Å². The minimum absolute atomic E-state index is 0.217. The summed E-state index contributed by atoms with van der Waals surface area (Å²) in [6.45, 7) is 7.53. The second kappa shape index (κ2) is 5.01. The van der Waals surface area contributed by atoms with E-state index in [1.165, 1.54) is 0 Å². The third-order valence-electron chi connectivity index (χ3n) is 3.48. The average Bonchev–Trinajstić information content (AvgIpc) is 2.73. The van der Waals surface area contributed by atoms with Crippen molar-refractivity contribution < 1.29 is 23.7 Å².